The summed E-state index contributed by atoms with van der Waals surface area (Å²) < 4.78 is 4.77. The van der Waals surface area contributed by atoms with E-state index in [-0.39, 0.29) is 24.4 Å². The largest absolute Gasteiger partial charge is 0.384 e. The lowest BCUT2D eigenvalue weighted by Gasteiger charge is -2.01. The molecule has 0 spiro atoms. The highest BCUT2D eigenvalue weighted by Gasteiger charge is 2.11. The van der Waals surface area contributed by atoms with E-state index in [9.17, 15) is 9.59 Å². The molecule has 86 valence electrons. The summed E-state index contributed by atoms with van der Waals surface area (Å²) in [7, 11) is 1.52. The van der Waals surface area contributed by atoms with Gasteiger partial charge in [-0.25, -0.2) is 0 Å². The van der Waals surface area contributed by atoms with Crippen molar-refractivity contribution in [3.05, 3.63) is 34.9 Å². The molecule has 3 nitrogen and oxygen atoms in total. The lowest BCUT2D eigenvalue weighted by atomic mass is 10.1. The number of Topliss-reactive ketones (excluding diaryl/α,β-unsaturated/α-hetero) is 2. The van der Waals surface area contributed by atoms with Gasteiger partial charge in [-0.15, -0.1) is 0 Å². The summed E-state index contributed by atoms with van der Waals surface area (Å²) in [5.74, 6) is -0.324. The van der Waals surface area contributed by atoms with E-state index in [1.54, 1.807) is 24.3 Å². The minimum Gasteiger partial charge on any atom is -0.384 e. The highest BCUT2D eigenvalue weighted by Crippen LogP contribution is 2.12. The van der Waals surface area contributed by atoms with Crippen LogP contribution in [-0.2, 0) is 9.53 Å². The number of rotatable bonds is 6. The Hall–Kier alpha value is -1.19. The fraction of sp³-hybridized carbons (Fsp3) is 0.333. The van der Waals surface area contributed by atoms with Crippen LogP contribution in [0.4, 0.5) is 0 Å². The van der Waals surface area contributed by atoms with Gasteiger partial charge in [-0.05, 0) is 12.1 Å². The molecule has 0 unspecified atom stereocenters. The number of carbonyl (C=O) groups excluding carboxylic acids is 2. The van der Waals surface area contributed by atoms with E-state index in [0.717, 1.165) is 0 Å². The van der Waals surface area contributed by atoms with Gasteiger partial charge in [0.25, 0.3) is 0 Å². The van der Waals surface area contributed by atoms with Gasteiger partial charge in [-0.3, -0.25) is 9.59 Å². The zero-order valence-corrected chi connectivity index (χ0v) is 9.79. The molecular weight excluding hydrogens is 228 g/mol. The van der Waals surface area contributed by atoms with Crippen LogP contribution in [0.2, 0.25) is 5.02 Å². The predicted molar refractivity (Wildman–Crippen MR) is 61.9 cm³/mol. The van der Waals surface area contributed by atoms with E-state index in [1.807, 2.05) is 0 Å². The number of methoxy groups -OCH3 is 1. The zero-order valence-electron chi connectivity index (χ0n) is 9.03. The van der Waals surface area contributed by atoms with E-state index in [0.29, 0.717) is 17.2 Å². The molecule has 0 aliphatic rings. The second-order valence-electron chi connectivity index (χ2n) is 3.39. The summed E-state index contributed by atoms with van der Waals surface area (Å²) >= 11 is 5.75. The lowest BCUT2D eigenvalue weighted by molar-refractivity contribution is -0.119. The average Bonchev–Trinajstić information content (AvgIpc) is 2.26. The first-order chi connectivity index (χ1) is 7.63. The van der Waals surface area contributed by atoms with Gasteiger partial charge in [-0.2, -0.15) is 0 Å². The van der Waals surface area contributed by atoms with Crippen LogP contribution in [0.25, 0.3) is 0 Å². The minimum absolute atomic E-state index is 0.0935. The van der Waals surface area contributed by atoms with Gasteiger partial charge in [0.2, 0.25) is 0 Å². The van der Waals surface area contributed by atoms with Gasteiger partial charge in [0.05, 0.1) is 13.0 Å². The third-order valence-corrected chi connectivity index (χ3v) is 2.32. The molecule has 1 aromatic rings. The number of carbonyl (C=O) groups is 2. The number of benzene rings is 1. The Kier molecular flexibility index (Phi) is 5.15. The molecule has 0 N–H and O–H groups in total. The Morgan fingerprint density at radius 2 is 2.12 bits per heavy atom. The maximum atomic E-state index is 11.7. The highest BCUT2D eigenvalue weighted by molar-refractivity contribution is 6.31. The summed E-state index contributed by atoms with van der Waals surface area (Å²) in [4.78, 5) is 23.0. The van der Waals surface area contributed by atoms with Crippen LogP contribution in [0.15, 0.2) is 24.3 Å². The van der Waals surface area contributed by atoms with Crippen molar-refractivity contribution in [2.45, 2.75) is 12.8 Å². The molecule has 1 rings (SSSR count). The molecule has 0 heterocycles. The molecule has 0 saturated heterocycles. The normalized spacial score (nSPS) is 10.1. The lowest BCUT2D eigenvalue weighted by Crippen LogP contribution is -2.10. The first kappa shape index (κ1) is 12.9. The van der Waals surface area contributed by atoms with Gasteiger partial charge < -0.3 is 4.74 Å². The summed E-state index contributed by atoms with van der Waals surface area (Å²) in [5.41, 5.74) is 0.471. The van der Waals surface area contributed by atoms with Gasteiger partial charge in [0.15, 0.2) is 5.78 Å². The summed E-state index contributed by atoms with van der Waals surface area (Å²) in [5, 5.41) is 0.496. The maximum Gasteiger partial charge on any atom is 0.170 e. The van der Waals surface area contributed by atoms with Gasteiger partial charge in [0, 0.05) is 24.1 Å². The highest BCUT2D eigenvalue weighted by atomic mass is 35.5. The molecule has 16 heavy (non-hydrogen) atoms. The topological polar surface area (TPSA) is 43.4 Å². The van der Waals surface area contributed by atoms with Crippen LogP contribution in [0.3, 0.4) is 0 Å². The number of hydrogen-bond donors (Lipinski definition) is 0. The third kappa shape index (κ3) is 4.13. The first-order valence-electron chi connectivity index (χ1n) is 4.93. The van der Waals surface area contributed by atoms with Crippen LogP contribution in [0, 0.1) is 0 Å². The number of ketones is 2. The fourth-order valence-corrected chi connectivity index (χ4v) is 1.44. The standard InChI is InChI=1S/C12H13ClO3/c1-16-6-5-11(14)8-12(15)9-3-2-4-10(13)7-9/h2-4,7H,5-6,8H2,1H3. The number of ether oxygens (including phenoxy) is 1. The smallest absolute Gasteiger partial charge is 0.170 e. The summed E-state index contributed by atoms with van der Waals surface area (Å²) in [6.07, 6.45) is 0.173. The van der Waals surface area contributed by atoms with Gasteiger partial charge >= 0.3 is 0 Å². The molecule has 0 fully saturated rings. The second kappa shape index (κ2) is 6.40. The summed E-state index contributed by atoms with van der Waals surface area (Å²) in [6.45, 7) is 0.349. The monoisotopic (exact) mass is 240 g/mol. The van der Waals surface area contributed by atoms with Crippen molar-refractivity contribution in [1.29, 1.82) is 0 Å². The molecule has 0 saturated carbocycles. The van der Waals surface area contributed by atoms with E-state index >= 15 is 0 Å². The molecule has 0 aliphatic carbocycles. The van der Waals surface area contributed by atoms with E-state index in [2.05, 4.69) is 0 Å². The maximum absolute atomic E-state index is 11.7. The molecule has 4 heteroatoms. The van der Waals surface area contributed by atoms with Crippen LogP contribution in [-0.4, -0.2) is 25.3 Å². The SMILES string of the molecule is COCCC(=O)CC(=O)c1cccc(Cl)c1. The van der Waals surface area contributed by atoms with Crippen molar-refractivity contribution >= 4 is 23.2 Å². The van der Waals surface area contributed by atoms with E-state index < -0.39 is 0 Å². The van der Waals surface area contributed by atoms with Crippen LogP contribution in [0.1, 0.15) is 23.2 Å². The van der Waals surface area contributed by atoms with Crippen molar-refractivity contribution in [3.8, 4) is 0 Å². The average molecular weight is 241 g/mol. The first-order valence-corrected chi connectivity index (χ1v) is 5.30. The Morgan fingerprint density at radius 3 is 2.75 bits per heavy atom. The van der Waals surface area contributed by atoms with Crippen molar-refractivity contribution in [2.75, 3.05) is 13.7 Å². The zero-order chi connectivity index (χ0) is 12.0. The van der Waals surface area contributed by atoms with Crippen molar-refractivity contribution in [1.82, 2.24) is 0 Å². The van der Waals surface area contributed by atoms with Gasteiger partial charge in [0.1, 0.15) is 5.78 Å². The Balaban J connectivity index is 2.55. The molecule has 0 aromatic heterocycles. The van der Waals surface area contributed by atoms with E-state index in [1.165, 1.54) is 7.11 Å². The molecule has 0 amide bonds. The number of halogens is 1. The van der Waals surface area contributed by atoms with Crippen molar-refractivity contribution < 1.29 is 14.3 Å². The van der Waals surface area contributed by atoms with Crippen molar-refractivity contribution in [3.63, 3.8) is 0 Å². The Morgan fingerprint density at radius 1 is 1.38 bits per heavy atom. The number of hydrogen-bond acceptors (Lipinski definition) is 3. The molecule has 0 atom stereocenters. The Bertz CT molecular complexity index is 388. The Labute approximate surface area is 99.4 Å². The molecule has 0 bridgehead atoms. The fourth-order valence-electron chi connectivity index (χ4n) is 1.25. The van der Waals surface area contributed by atoms with Crippen LogP contribution in [0.5, 0.6) is 0 Å². The third-order valence-electron chi connectivity index (χ3n) is 2.09. The van der Waals surface area contributed by atoms with Gasteiger partial charge in [-0.1, -0.05) is 23.7 Å². The van der Waals surface area contributed by atoms with E-state index in [4.69, 9.17) is 16.3 Å². The second-order valence-corrected chi connectivity index (χ2v) is 3.83. The quantitative estimate of drug-likeness (QED) is 0.567. The van der Waals surface area contributed by atoms with Crippen LogP contribution < -0.4 is 0 Å². The molecule has 1 aromatic carbocycles. The molecular formula is C12H13ClO3. The predicted octanol–water partition coefficient (Wildman–Crippen LogP) is 2.52. The van der Waals surface area contributed by atoms with Crippen LogP contribution >= 0.6 is 11.6 Å². The molecule has 0 aliphatic heterocycles. The minimum atomic E-state index is -0.205. The van der Waals surface area contributed by atoms with Crippen molar-refractivity contribution in [2.24, 2.45) is 0 Å². The molecule has 0 radical (unpaired) electrons. The summed E-state index contributed by atoms with van der Waals surface area (Å²) in [6, 6.07) is 6.59.